The Morgan fingerprint density at radius 3 is 2.70 bits per heavy atom. The van der Waals surface area contributed by atoms with Crippen molar-refractivity contribution in [3.63, 3.8) is 0 Å². The van der Waals surface area contributed by atoms with Crippen LogP contribution in [0.1, 0.15) is 51.5 Å². The number of halogens is 1. The maximum Gasteiger partial charge on any atom is 0.270 e. The molecule has 0 aliphatic rings. The molecule has 0 saturated carbocycles. The molecular weight excluding hydrogens is 320 g/mol. The van der Waals surface area contributed by atoms with Crippen molar-refractivity contribution >= 4 is 21.6 Å². The van der Waals surface area contributed by atoms with Crippen LogP contribution < -0.4 is 5.32 Å². The highest BCUT2D eigenvalue weighted by Crippen LogP contribution is 2.23. The van der Waals surface area contributed by atoms with Gasteiger partial charge in [-0.3, -0.25) is 10.1 Å². The maximum atomic E-state index is 10.7. The summed E-state index contributed by atoms with van der Waals surface area (Å²) in [6, 6.07) is 5.38. The van der Waals surface area contributed by atoms with Gasteiger partial charge in [0.15, 0.2) is 0 Å². The molecule has 4 nitrogen and oxygen atoms in total. The lowest BCUT2D eigenvalue weighted by molar-refractivity contribution is -0.384. The number of nitrogens with one attached hydrogen (secondary N) is 1. The van der Waals surface area contributed by atoms with Gasteiger partial charge in [-0.2, -0.15) is 0 Å². The van der Waals surface area contributed by atoms with E-state index in [1.165, 1.54) is 32.1 Å². The van der Waals surface area contributed by atoms with Crippen LogP contribution >= 0.6 is 15.9 Å². The molecule has 1 aromatic carbocycles. The molecule has 0 spiro atoms. The predicted molar refractivity (Wildman–Crippen MR) is 85.9 cm³/mol. The minimum absolute atomic E-state index is 0.119. The van der Waals surface area contributed by atoms with Crippen molar-refractivity contribution < 1.29 is 4.92 Å². The molecular formula is C15H23BrN2O2. The standard InChI is InChI=1S/C15H23BrN2O2/c1-3-4-5-6-7-12(2)17-11-13-8-9-14(18(19)20)10-15(13)16/h8-10,12,17H,3-7,11H2,1-2H3. The van der Waals surface area contributed by atoms with E-state index in [0.717, 1.165) is 16.6 Å². The lowest BCUT2D eigenvalue weighted by atomic mass is 10.1. The first-order valence-electron chi connectivity index (χ1n) is 7.20. The zero-order chi connectivity index (χ0) is 15.0. The minimum atomic E-state index is -0.377. The van der Waals surface area contributed by atoms with Crippen molar-refractivity contribution in [3.8, 4) is 0 Å². The molecule has 1 rings (SSSR count). The Morgan fingerprint density at radius 2 is 2.10 bits per heavy atom. The zero-order valence-electron chi connectivity index (χ0n) is 12.2. The third-order valence-electron chi connectivity index (χ3n) is 3.38. The van der Waals surface area contributed by atoms with Crippen LogP contribution in [0.15, 0.2) is 22.7 Å². The highest BCUT2D eigenvalue weighted by atomic mass is 79.9. The van der Waals surface area contributed by atoms with Crippen molar-refractivity contribution in [1.29, 1.82) is 0 Å². The minimum Gasteiger partial charge on any atom is -0.310 e. The number of rotatable bonds is 9. The van der Waals surface area contributed by atoms with E-state index in [9.17, 15) is 10.1 Å². The van der Waals surface area contributed by atoms with Gasteiger partial charge in [0.05, 0.1) is 4.92 Å². The Balaban J connectivity index is 2.39. The summed E-state index contributed by atoms with van der Waals surface area (Å²) in [5.41, 5.74) is 1.17. The van der Waals surface area contributed by atoms with Crippen molar-refractivity contribution in [2.45, 2.75) is 58.5 Å². The van der Waals surface area contributed by atoms with Gasteiger partial charge in [-0.25, -0.2) is 0 Å². The molecule has 1 N–H and O–H groups in total. The van der Waals surface area contributed by atoms with Gasteiger partial charge in [0.1, 0.15) is 0 Å². The van der Waals surface area contributed by atoms with Crippen LogP contribution in [0.4, 0.5) is 5.69 Å². The number of hydrogen-bond donors (Lipinski definition) is 1. The van der Waals surface area contributed by atoms with E-state index >= 15 is 0 Å². The largest absolute Gasteiger partial charge is 0.310 e. The first-order valence-corrected chi connectivity index (χ1v) is 8.00. The molecule has 0 aliphatic heterocycles. The average Bonchev–Trinajstić information content (AvgIpc) is 2.42. The summed E-state index contributed by atoms with van der Waals surface area (Å²) in [7, 11) is 0. The maximum absolute atomic E-state index is 10.7. The van der Waals surface area contributed by atoms with Crippen LogP contribution in [0.25, 0.3) is 0 Å². The molecule has 0 aromatic heterocycles. The van der Waals surface area contributed by atoms with Gasteiger partial charge >= 0.3 is 0 Å². The SMILES string of the molecule is CCCCCCC(C)NCc1ccc([N+](=O)[O-])cc1Br. The lowest BCUT2D eigenvalue weighted by Gasteiger charge is -2.14. The van der Waals surface area contributed by atoms with E-state index in [2.05, 4.69) is 35.1 Å². The number of nitro benzene ring substituents is 1. The molecule has 20 heavy (non-hydrogen) atoms. The van der Waals surface area contributed by atoms with E-state index < -0.39 is 0 Å². The van der Waals surface area contributed by atoms with Gasteiger partial charge in [0.25, 0.3) is 5.69 Å². The zero-order valence-corrected chi connectivity index (χ0v) is 13.8. The van der Waals surface area contributed by atoms with Crippen LogP contribution in [-0.2, 0) is 6.54 Å². The van der Waals surface area contributed by atoms with Gasteiger partial charge in [-0.05, 0) is 25.0 Å². The fraction of sp³-hybridized carbons (Fsp3) is 0.600. The van der Waals surface area contributed by atoms with Crippen molar-refractivity contribution in [2.75, 3.05) is 0 Å². The Morgan fingerprint density at radius 1 is 1.35 bits per heavy atom. The van der Waals surface area contributed by atoms with E-state index in [1.54, 1.807) is 18.2 Å². The predicted octanol–water partition coefficient (Wildman–Crippen LogP) is 4.81. The molecule has 1 atom stereocenters. The van der Waals surface area contributed by atoms with Crippen LogP contribution in [0.3, 0.4) is 0 Å². The summed E-state index contributed by atoms with van der Waals surface area (Å²) in [4.78, 5) is 10.3. The molecule has 0 amide bonds. The van der Waals surface area contributed by atoms with E-state index in [0.29, 0.717) is 6.04 Å². The Hall–Kier alpha value is -0.940. The smallest absolute Gasteiger partial charge is 0.270 e. The molecule has 0 fully saturated rings. The number of nitro groups is 1. The third kappa shape index (κ3) is 6.01. The second-order valence-electron chi connectivity index (χ2n) is 5.16. The average molecular weight is 343 g/mol. The number of nitrogens with zero attached hydrogens (tertiary/aromatic N) is 1. The summed E-state index contributed by atoms with van der Waals surface area (Å²) in [5.74, 6) is 0. The highest BCUT2D eigenvalue weighted by Gasteiger charge is 2.09. The van der Waals surface area contributed by atoms with Crippen LogP contribution in [0, 0.1) is 10.1 Å². The van der Waals surface area contributed by atoms with Crippen LogP contribution in [-0.4, -0.2) is 11.0 Å². The quantitative estimate of drug-likeness (QED) is 0.398. The molecule has 1 aromatic rings. The summed E-state index contributed by atoms with van der Waals surface area (Å²) in [6.45, 7) is 5.13. The molecule has 0 saturated heterocycles. The van der Waals surface area contributed by atoms with Gasteiger partial charge in [-0.15, -0.1) is 0 Å². The Labute approximate surface area is 129 Å². The molecule has 0 heterocycles. The second-order valence-corrected chi connectivity index (χ2v) is 6.02. The molecule has 5 heteroatoms. The fourth-order valence-corrected chi connectivity index (χ4v) is 2.56. The molecule has 0 aliphatic carbocycles. The van der Waals surface area contributed by atoms with Crippen molar-refractivity contribution in [2.24, 2.45) is 0 Å². The third-order valence-corrected chi connectivity index (χ3v) is 4.12. The van der Waals surface area contributed by atoms with E-state index in [1.807, 2.05) is 0 Å². The summed E-state index contributed by atoms with van der Waals surface area (Å²) in [5, 5.41) is 14.1. The number of benzene rings is 1. The van der Waals surface area contributed by atoms with Crippen molar-refractivity contribution in [1.82, 2.24) is 5.32 Å². The highest BCUT2D eigenvalue weighted by molar-refractivity contribution is 9.10. The first kappa shape index (κ1) is 17.1. The molecule has 1 unspecified atom stereocenters. The first-order chi connectivity index (χ1) is 9.54. The van der Waals surface area contributed by atoms with Gasteiger partial charge < -0.3 is 5.32 Å². The number of non-ortho nitro benzene ring substituents is 1. The lowest BCUT2D eigenvalue weighted by Crippen LogP contribution is -2.25. The van der Waals surface area contributed by atoms with Gasteiger partial charge in [0.2, 0.25) is 0 Å². The van der Waals surface area contributed by atoms with Gasteiger partial charge in [0, 0.05) is 29.2 Å². The molecule has 0 bridgehead atoms. The fourth-order valence-electron chi connectivity index (χ4n) is 2.06. The van der Waals surface area contributed by atoms with E-state index in [4.69, 9.17) is 0 Å². The number of hydrogen-bond acceptors (Lipinski definition) is 3. The summed E-state index contributed by atoms with van der Waals surface area (Å²) in [6.07, 6.45) is 6.29. The monoisotopic (exact) mass is 342 g/mol. The Kier molecular flexibility index (Phi) is 7.77. The Bertz CT molecular complexity index is 438. The van der Waals surface area contributed by atoms with Crippen molar-refractivity contribution in [3.05, 3.63) is 38.3 Å². The van der Waals surface area contributed by atoms with Gasteiger partial charge in [-0.1, -0.05) is 48.5 Å². The van der Waals surface area contributed by atoms with Crippen LogP contribution in [0.5, 0.6) is 0 Å². The molecule has 112 valence electrons. The number of unbranched alkanes of at least 4 members (excludes halogenated alkanes) is 3. The second kappa shape index (κ2) is 9.08. The topological polar surface area (TPSA) is 55.2 Å². The van der Waals surface area contributed by atoms with E-state index in [-0.39, 0.29) is 10.6 Å². The molecule has 0 radical (unpaired) electrons. The normalized spacial score (nSPS) is 12.3. The summed E-state index contributed by atoms with van der Waals surface area (Å²) < 4.78 is 0.789. The summed E-state index contributed by atoms with van der Waals surface area (Å²) >= 11 is 3.39. The van der Waals surface area contributed by atoms with Crippen LogP contribution in [0.2, 0.25) is 0 Å².